The highest BCUT2D eigenvalue weighted by molar-refractivity contribution is 9.10. The number of benzene rings is 1. The normalized spacial score (nSPS) is 22.2. The minimum Gasteiger partial charge on any atom is -0.303 e. The number of halogens is 1. The molecule has 1 aromatic rings. The summed E-state index contributed by atoms with van der Waals surface area (Å²) in [6.45, 7) is 0.805. The Hall–Kier alpha value is -0.670. The van der Waals surface area contributed by atoms with E-state index < -0.39 is 0 Å². The maximum Gasteiger partial charge on any atom is 0.155 e. The Labute approximate surface area is 85.5 Å². The van der Waals surface area contributed by atoms with Gasteiger partial charge in [-0.05, 0) is 17.7 Å². The number of hydrogen-bond acceptors (Lipinski definition) is 2. The van der Waals surface area contributed by atoms with Gasteiger partial charge in [0.05, 0.1) is 6.04 Å². The number of rotatable bonds is 1. The molecule has 2 rings (SSSR count). The first-order valence-corrected chi connectivity index (χ1v) is 5.08. The third-order valence-electron chi connectivity index (χ3n) is 2.25. The molecular weight excluding hydrogens is 230 g/mol. The zero-order valence-corrected chi connectivity index (χ0v) is 8.67. The minimum atomic E-state index is -0.0758. The quantitative estimate of drug-likeness (QED) is 0.813. The number of Topliss-reactive ketones (excluding diaryl/α,β-unsaturated/α-hetero) is 1. The van der Waals surface area contributed by atoms with Crippen molar-refractivity contribution in [2.24, 2.45) is 0 Å². The van der Waals surface area contributed by atoms with Crippen molar-refractivity contribution in [1.29, 1.82) is 0 Å². The molecule has 68 valence electrons. The average Bonchev–Trinajstić information content (AvgIpc) is 2.53. The van der Waals surface area contributed by atoms with Crippen LogP contribution in [0.15, 0.2) is 28.7 Å². The van der Waals surface area contributed by atoms with E-state index in [1.807, 2.05) is 24.3 Å². The molecule has 1 atom stereocenters. The molecule has 1 aliphatic heterocycles. The number of carbonyl (C=O) groups excluding carboxylic acids is 1. The Morgan fingerprint density at radius 3 is 2.54 bits per heavy atom. The van der Waals surface area contributed by atoms with E-state index in [2.05, 4.69) is 21.2 Å². The van der Waals surface area contributed by atoms with Crippen LogP contribution in [0.1, 0.15) is 18.0 Å². The molecule has 13 heavy (non-hydrogen) atoms. The van der Waals surface area contributed by atoms with Gasteiger partial charge in [-0.25, -0.2) is 0 Å². The lowest BCUT2D eigenvalue weighted by Gasteiger charge is -2.08. The summed E-state index contributed by atoms with van der Waals surface area (Å²) in [6.07, 6.45) is 0.654. The average molecular weight is 240 g/mol. The van der Waals surface area contributed by atoms with Gasteiger partial charge in [0.15, 0.2) is 5.78 Å². The van der Waals surface area contributed by atoms with Crippen molar-refractivity contribution in [3.63, 3.8) is 0 Å². The van der Waals surface area contributed by atoms with Crippen LogP contribution in [-0.4, -0.2) is 12.3 Å². The second-order valence-corrected chi connectivity index (χ2v) is 4.07. The van der Waals surface area contributed by atoms with Crippen LogP contribution < -0.4 is 5.32 Å². The maximum absolute atomic E-state index is 11.4. The van der Waals surface area contributed by atoms with Gasteiger partial charge in [-0.15, -0.1) is 0 Å². The Morgan fingerprint density at radius 1 is 1.31 bits per heavy atom. The molecular formula is C10H10BrNO. The van der Waals surface area contributed by atoms with Crippen LogP contribution in [0.25, 0.3) is 0 Å². The van der Waals surface area contributed by atoms with E-state index in [4.69, 9.17) is 0 Å². The van der Waals surface area contributed by atoms with Gasteiger partial charge < -0.3 is 5.32 Å². The molecule has 0 saturated carbocycles. The summed E-state index contributed by atoms with van der Waals surface area (Å²) < 4.78 is 1.04. The Morgan fingerprint density at radius 2 is 2.00 bits per heavy atom. The van der Waals surface area contributed by atoms with Gasteiger partial charge in [-0.2, -0.15) is 0 Å². The monoisotopic (exact) mass is 239 g/mol. The minimum absolute atomic E-state index is 0.0758. The summed E-state index contributed by atoms with van der Waals surface area (Å²) in [4.78, 5) is 11.4. The molecule has 2 nitrogen and oxygen atoms in total. The van der Waals surface area contributed by atoms with Crippen molar-refractivity contribution in [2.75, 3.05) is 6.54 Å². The molecule has 3 heteroatoms. The lowest BCUT2D eigenvalue weighted by atomic mass is 10.0. The maximum atomic E-state index is 11.4. The first-order chi connectivity index (χ1) is 6.27. The molecule has 1 N–H and O–H groups in total. The van der Waals surface area contributed by atoms with Crippen molar-refractivity contribution in [2.45, 2.75) is 12.5 Å². The van der Waals surface area contributed by atoms with Crippen LogP contribution in [0.4, 0.5) is 0 Å². The van der Waals surface area contributed by atoms with Crippen LogP contribution in [0.3, 0.4) is 0 Å². The highest BCUT2D eigenvalue weighted by atomic mass is 79.9. The number of hydrogen-bond donors (Lipinski definition) is 1. The van der Waals surface area contributed by atoms with E-state index in [-0.39, 0.29) is 6.04 Å². The smallest absolute Gasteiger partial charge is 0.155 e. The second kappa shape index (κ2) is 3.60. The molecule has 1 saturated heterocycles. The van der Waals surface area contributed by atoms with Gasteiger partial charge in [0, 0.05) is 17.4 Å². The molecule has 1 fully saturated rings. The molecule has 0 aliphatic carbocycles. The Kier molecular flexibility index (Phi) is 2.47. The summed E-state index contributed by atoms with van der Waals surface area (Å²) in [7, 11) is 0. The fourth-order valence-corrected chi connectivity index (χ4v) is 1.82. The fraction of sp³-hybridized carbons (Fsp3) is 0.300. The van der Waals surface area contributed by atoms with Crippen LogP contribution in [0.5, 0.6) is 0 Å². The summed E-state index contributed by atoms with van der Waals surface area (Å²) in [6, 6.07) is 7.80. The van der Waals surface area contributed by atoms with Gasteiger partial charge in [0.1, 0.15) is 0 Å². The Bertz CT molecular complexity index is 320. The molecule has 1 aromatic carbocycles. The van der Waals surface area contributed by atoms with Crippen LogP contribution in [0, 0.1) is 0 Å². The molecule has 0 spiro atoms. The third-order valence-corrected chi connectivity index (χ3v) is 2.77. The van der Waals surface area contributed by atoms with Crippen molar-refractivity contribution in [1.82, 2.24) is 5.32 Å². The zero-order valence-electron chi connectivity index (χ0n) is 7.09. The molecule has 1 unspecified atom stereocenters. The van der Waals surface area contributed by atoms with Gasteiger partial charge in [-0.1, -0.05) is 28.1 Å². The molecule has 1 aliphatic rings. The third kappa shape index (κ3) is 1.81. The topological polar surface area (TPSA) is 29.1 Å². The number of carbonyl (C=O) groups is 1. The largest absolute Gasteiger partial charge is 0.303 e. The van der Waals surface area contributed by atoms with E-state index >= 15 is 0 Å². The molecule has 0 aromatic heterocycles. The van der Waals surface area contributed by atoms with Crippen LogP contribution >= 0.6 is 15.9 Å². The van der Waals surface area contributed by atoms with E-state index in [0.29, 0.717) is 12.2 Å². The van der Waals surface area contributed by atoms with E-state index in [0.717, 1.165) is 16.6 Å². The SMILES string of the molecule is O=C1CCNC1c1ccc(Br)cc1. The van der Waals surface area contributed by atoms with Crippen LogP contribution in [-0.2, 0) is 4.79 Å². The zero-order chi connectivity index (χ0) is 9.26. The highest BCUT2D eigenvalue weighted by Crippen LogP contribution is 2.21. The van der Waals surface area contributed by atoms with E-state index in [1.165, 1.54) is 0 Å². The summed E-state index contributed by atoms with van der Waals surface area (Å²) in [5.41, 5.74) is 1.06. The van der Waals surface area contributed by atoms with E-state index in [1.54, 1.807) is 0 Å². The standard InChI is InChI=1S/C10H10BrNO/c11-8-3-1-7(2-4-8)10-9(13)5-6-12-10/h1-4,10,12H,5-6H2. The summed E-state index contributed by atoms with van der Waals surface area (Å²) in [5.74, 6) is 0.294. The van der Waals surface area contributed by atoms with Crippen molar-refractivity contribution in [3.8, 4) is 0 Å². The van der Waals surface area contributed by atoms with Gasteiger partial charge in [-0.3, -0.25) is 4.79 Å². The predicted octanol–water partition coefficient (Wildman–Crippen LogP) is 2.05. The fourth-order valence-electron chi connectivity index (χ4n) is 1.56. The predicted molar refractivity (Wildman–Crippen MR) is 54.5 cm³/mol. The van der Waals surface area contributed by atoms with Gasteiger partial charge in [0.25, 0.3) is 0 Å². The van der Waals surface area contributed by atoms with Crippen molar-refractivity contribution in [3.05, 3.63) is 34.3 Å². The van der Waals surface area contributed by atoms with Gasteiger partial charge in [0.2, 0.25) is 0 Å². The summed E-state index contributed by atoms with van der Waals surface area (Å²) in [5, 5.41) is 3.18. The first-order valence-electron chi connectivity index (χ1n) is 4.29. The first kappa shape index (κ1) is 8.91. The molecule has 1 heterocycles. The lowest BCUT2D eigenvalue weighted by molar-refractivity contribution is -0.118. The molecule has 0 amide bonds. The highest BCUT2D eigenvalue weighted by Gasteiger charge is 2.24. The van der Waals surface area contributed by atoms with Crippen LogP contribution in [0.2, 0.25) is 0 Å². The molecule has 0 bridgehead atoms. The van der Waals surface area contributed by atoms with Gasteiger partial charge >= 0.3 is 0 Å². The van der Waals surface area contributed by atoms with Crippen molar-refractivity contribution < 1.29 is 4.79 Å². The summed E-state index contributed by atoms with van der Waals surface area (Å²) >= 11 is 3.36. The van der Waals surface area contributed by atoms with Crippen molar-refractivity contribution >= 4 is 21.7 Å². The lowest BCUT2D eigenvalue weighted by Crippen LogP contribution is -2.17. The molecule has 0 radical (unpaired) electrons. The van der Waals surface area contributed by atoms with E-state index in [9.17, 15) is 4.79 Å². The number of ketones is 1. The second-order valence-electron chi connectivity index (χ2n) is 3.16. The number of nitrogens with one attached hydrogen (secondary N) is 1. The Balaban J connectivity index is 2.25.